The van der Waals surface area contributed by atoms with Crippen LogP contribution in [-0.2, 0) is 17.1 Å². The van der Waals surface area contributed by atoms with Crippen molar-refractivity contribution < 1.29 is 8.42 Å². The topological polar surface area (TPSA) is 93.0 Å². The first-order valence-electron chi connectivity index (χ1n) is 8.91. The van der Waals surface area contributed by atoms with Gasteiger partial charge in [0.15, 0.2) is 11.6 Å². The van der Waals surface area contributed by atoms with Crippen molar-refractivity contribution in [2.75, 3.05) is 22.7 Å². The van der Waals surface area contributed by atoms with Gasteiger partial charge < -0.3 is 4.90 Å². The van der Waals surface area contributed by atoms with Crippen molar-refractivity contribution in [1.82, 2.24) is 19.7 Å². The highest BCUT2D eigenvalue weighted by atomic mass is 32.2. The van der Waals surface area contributed by atoms with E-state index >= 15 is 0 Å². The van der Waals surface area contributed by atoms with E-state index in [1.165, 1.54) is 0 Å². The number of nitrogens with zero attached hydrogens (tertiary/aromatic N) is 5. The molecule has 142 valence electrons. The Balaban J connectivity index is 1.83. The third kappa shape index (κ3) is 3.12. The van der Waals surface area contributed by atoms with Crippen molar-refractivity contribution in [2.24, 2.45) is 7.05 Å². The Morgan fingerprint density at radius 3 is 2.26 bits per heavy atom. The second-order valence-corrected chi connectivity index (χ2v) is 8.43. The van der Waals surface area contributed by atoms with Gasteiger partial charge >= 0.3 is 0 Å². The first-order valence-corrected chi connectivity index (χ1v) is 10.4. The second kappa shape index (κ2) is 6.49. The number of hydrogen-bond donors (Lipinski definition) is 1. The van der Waals surface area contributed by atoms with Gasteiger partial charge in [-0.1, -0.05) is 12.1 Å². The van der Waals surface area contributed by atoms with Gasteiger partial charge in [-0.2, -0.15) is 5.10 Å². The van der Waals surface area contributed by atoms with Crippen LogP contribution in [0.2, 0.25) is 0 Å². The highest BCUT2D eigenvalue weighted by Crippen LogP contribution is 2.30. The van der Waals surface area contributed by atoms with Crippen molar-refractivity contribution in [3.05, 3.63) is 35.7 Å². The van der Waals surface area contributed by atoms with Gasteiger partial charge in [-0.15, -0.1) is 0 Å². The first-order chi connectivity index (χ1) is 12.9. The second-order valence-electron chi connectivity index (χ2n) is 6.81. The zero-order valence-electron chi connectivity index (χ0n) is 15.6. The van der Waals surface area contributed by atoms with Crippen LogP contribution in [0.15, 0.2) is 29.2 Å². The molecule has 3 heterocycles. The van der Waals surface area contributed by atoms with Gasteiger partial charge in [0.25, 0.3) is 10.0 Å². The van der Waals surface area contributed by atoms with Crippen molar-refractivity contribution >= 4 is 32.7 Å². The molecule has 0 aliphatic carbocycles. The first kappa shape index (κ1) is 17.7. The molecule has 1 fully saturated rings. The van der Waals surface area contributed by atoms with Crippen LogP contribution in [-0.4, -0.2) is 41.3 Å². The molecule has 2 aromatic heterocycles. The van der Waals surface area contributed by atoms with Gasteiger partial charge in [-0.05, 0) is 38.8 Å². The van der Waals surface area contributed by atoms with Crippen molar-refractivity contribution in [3.8, 4) is 0 Å². The average molecular weight is 386 g/mol. The maximum absolute atomic E-state index is 13.1. The molecule has 4 rings (SSSR count). The Morgan fingerprint density at radius 2 is 1.67 bits per heavy atom. The van der Waals surface area contributed by atoms with E-state index < -0.39 is 10.0 Å². The summed E-state index contributed by atoms with van der Waals surface area (Å²) in [7, 11) is -2.11. The van der Waals surface area contributed by atoms with Gasteiger partial charge in [0.05, 0.1) is 22.4 Å². The van der Waals surface area contributed by atoms with Crippen LogP contribution in [0.1, 0.15) is 24.2 Å². The number of sulfonamides is 1. The summed E-state index contributed by atoms with van der Waals surface area (Å²) in [6.45, 7) is 5.11. The monoisotopic (exact) mass is 386 g/mol. The molecule has 0 atom stereocenters. The Labute approximate surface area is 158 Å². The summed E-state index contributed by atoms with van der Waals surface area (Å²) in [6, 6.07) is 7.47. The predicted molar refractivity (Wildman–Crippen MR) is 104 cm³/mol. The van der Waals surface area contributed by atoms with Crippen LogP contribution < -0.4 is 9.62 Å². The maximum atomic E-state index is 13.1. The molecule has 27 heavy (non-hydrogen) atoms. The summed E-state index contributed by atoms with van der Waals surface area (Å²) in [5.41, 5.74) is 2.43. The number of rotatable bonds is 4. The largest absolute Gasteiger partial charge is 0.354 e. The molecule has 0 radical (unpaired) electrons. The summed E-state index contributed by atoms with van der Waals surface area (Å²) >= 11 is 0. The van der Waals surface area contributed by atoms with Gasteiger partial charge in [-0.3, -0.25) is 9.40 Å². The summed E-state index contributed by atoms with van der Waals surface area (Å²) in [5, 5.41) is 4.22. The SMILES string of the molecule is Cc1nn(C)c(C)c1S(=O)(=O)Nc1nc2ccccc2nc1N1CCCC1. The molecular weight excluding hydrogens is 364 g/mol. The van der Waals surface area contributed by atoms with Crippen molar-refractivity contribution in [1.29, 1.82) is 0 Å². The number of hydrogen-bond acceptors (Lipinski definition) is 6. The van der Waals surface area contributed by atoms with Gasteiger partial charge in [0.1, 0.15) is 4.90 Å². The highest BCUT2D eigenvalue weighted by Gasteiger charge is 2.27. The smallest absolute Gasteiger partial charge is 0.266 e. The van der Waals surface area contributed by atoms with E-state index in [4.69, 9.17) is 4.98 Å². The standard InChI is InChI=1S/C18H22N6O2S/c1-12-16(13(2)23(3)21-12)27(25,26)22-17-18(24-10-6-7-11-24)20-15-9-5-4-8-14(15)19-17/h4-5,8-9H,6-7,10-11H2,1-3H3,(H,19,22). The summed E-state index contributed by atoms with van der Waals surface area (Å²) in [5.74, 6) is 0.840. The molecule has 0 amide bonds. The van der Waals surface area contributed by atoms with E-state index in [2.05, 4.69) is 19.7 Å². The number of nitrogens with one attached hydrogen (secondary N) is 1. The van der Waals surface area contributed by atoms with E-state index in [0.29, 0.717) is 22.7 Å². The molecule has 0 unspecified atom stereocenters. The van der Waals surface area contributed by atoms with E-state index in [-0.39, 0.29) is 10.7 Å². The fourth-order valence-electron chi connectivity index (χ4n) is 3.53. The van der Waals surface area contributed by atoms with Crippen LogP contribution in [0.4, 0.5) is 11.6 Å². The lowest BCUT2D eigenvalue weighted by atomic mass is 10.3. The Morgan fingerprint density at radius 1 is 1.04 bits per heavy atom. The zero-order valence-corrected chi connectivity index (χ0v) is 16.4. The molecule has 0 saturated carbocycles. The molecule has 1 aliphatic heterocycles. The maximum Gasteiger partial charge on any atom is 0.266 e. The third-order valence-electron chi connectivity index (χ3n) is 4.90. The fraction of sp³-hybridized carbons (Fsp3) is 0.389. The molecular formula is C18H22N6O2S. The Hall–Kier alpha value is -2.68. The van der Waals surface area contributed by atoms with Gasteiger partial charge in [-0.25, -0.2) is 18.4 Å². The molecule has 0 spiro atoms. The normalized spacial score (nSPS) is 14.9. The minimum absolute atomic E-state index is 0.187. The van der Waals surface area contributed by atoms with Crippen molar-refractivity contribution in [3.63, 3.8) is 0 Å². The summed E-state index contributed by atoms with van der Waals surface area (Å²) in [6.07, 6.45) is 2.11. The lowest BCUT2D eigenvalue weighted by Crippen LogP contribution is -2.24. The van der Waals surface area contributed by atoms with Crippen molar-refractivity contribution in [2.45, 2.75) is 31.6 Å². The fourth-order valence-corrected chi connectivity index (χ4v) is 4.97. The van der Waals surface area contributed by atoms with Gasteiger partial charge in [0.2, 0.25) is 0 Å². The molecule has 3 aromatic rings. The van der Waals surface area contributed by atoms with E-state index in [1.54, 1.807) is 25.6 Å². The lowest BCUT2D eigenvalue weighted by molar-refractivity contribution is 0.599. The highest BCUT2D eigenvalue weighted by molar-refractivity contribution is 7.92. The number of benzene rings is 1. The average Bonchev–Trinajstić information content (AvgIpc) is 3.22. The van der Waals surface area contributed by atoms with Crippen LogP contribution in [0.5, 0.6) is 0 Å². The van der Waals surface area contributed by atoms with Crippen LogP contribution >= 0.6 is 0 Å². The molecule has 0 bridgehead atoms. The van der Waals surface area contributed by atoms with Gasteiger partial charge in [0, 0.05) is 20.1 Å². The zero-order chi connectivity index (χ0) is 19.2. The quantitative estimate of drug-likeness (QED) is 0.740. The van der Waals surface area contributed by atoms with Crippen LogP contribution in [0.3, 0.4) is 0 Å². The molecule has 1 aliphatic rings. The predicted octanol–water partition coefficient (Wildman–Crippen LogP) is 2.38. The summed E-state index contributed by atoms with van der Waals surface area (Å²) in [4.78, 5) is 11.5. The molecule has 9 heteroatoms. The molecule has 1 aromatic carbocycles. The number of aromatic nitrogens is 4. The third-order valence-corrected chi connectivity index (χ3v) is 6.49. The number of aryl methyl sites for hydroxylation is 2. The number of anilines is 2. The van der Waals surface area contributed by atoms with E-state index in [1.807, 2.05) is 24.3 Å². The Kier molecular flexibility index (Phi) is 4.26. The number of para-hydroxylation sites is 2. The minimum Gasteiger partial charge on any atom is -0.354 e. The van der Waals surface area contributed by atoms with E-state index in [0.717, 1.165) is 31.4 Å². The van der Waals surface area contributed by atoms with Crippen LogP contribution in [0, 0.1) is 13.8 Å². The molecule has 1 N–H and O–H groups in total. The van der Waals surface area contributed by atoms with E-state index in [9.17, 15) is 8.42 Å². The Bertz CT molecular complexity index is 1120. The van der Waals surface area contributed by atoms with Crippen LogP contribution in [0.25, 0.3) is 11.0 Å². The number of fused-ring (bicyclic) bond motifs is 1. The lowest BCUT2D eigenvalue weighted by Gasteiger charge is -2.20. The minimum atomic E-state index is -3.84. The summed E-state index contributed by atoms with van der Waals surface area (Å²) < 4.78 is 30.5. The molecule has 1 saturated heterocycles. The molecule has 8 nitrogen and oxygen atoms in total.